The summed E-state index contributed by atoms with van der Waals surface area (Å²) in [4.78, 5) is 0. The molecule has 0 bridgehead atoms. The molecule has 2 rings (SSSR count). The zero-order valence-electron chi connectivity index (χ0n) is 11.2. The van der Waals surface area contributed by atoms with Gasteiger partial charge in [-0.25, -0.2) is 0 Å². The van der Waals surface area contributed by atoms with Gasteiger partial charge in [0.05, 0.1) is 5.69 Å². The van der Waals surface area contributed by atoms with Gasteiger partial charge < -0.3 is 9.88 Å². The van der Waals surface area contributed by atoms with Crippen LogP contribution in [-0.4, -0.2) is 4.57 Å². The van der Waals surface area contributed by atoms with Crippen LogP contribution >= 0.6 is 27.5 Å². The second kappa shape index (κ2) is 6.49. The van der Waals surface area contributed by atoms with Crippen LogP contribution in [0.5, 0.6) is 0 Å². The summed E-state index contributed by atoms with van der Waals surface area (Å²) in [5, 5.41) is 4.19. The molecule has 0 atom stereocenters. The monoisotopic (exact) mass is 340 g/mol. The van der Waals surface area contributed by atoms with E-state index >= 15 is 0 Å². The van der Waals surface area contributed by atoms with Crippen molar-refractivity contribution in [1.82, 2.24) is 4.57 Å². The molecule has 4 heteroatoms. The van der Waals surface area contributed by atoms with Gasteiger partial charge in [0.2, 0.25) is 0 Å². The highest BCUT2D eigenvalue weighted by Crippen LogP contribution is 2.29. The van der Waals surface area contributed by atoms with Crippen molar-refractivity contribution in [2.75, 3.05) is 5.32 Å². The van der Waals surface area contributed by atoms with E-state index in [1.165, 1.54) is 5.56 Å². The summed E-state index contributed by atoms with van der Waals surface area (Å²) in [5.74, 6) is 0. The Morgan fingerprint density at radius 2 is 2.16 bits per heavy atom. The Balaban J connectivity index is 2.03. The first-order chi connectivity index (χ1) is 9.10. The van der Waals surface area contributed by atoms with Crippen LogP contribution in [0.15, 0.2) is 35.1 Å². The Bertz CT molecular complexity index is 563. The largest absolute Gasteiger partial charge is 0.380 e. The van der Waals surface area contributed by atoms with Gasteiger partial charge in [0.1, 0.15) is 0 Å². The number of nitrogens with one attached hydrogen (secondary N) is 1. The number of nitrogens with zero attached hydrogens (tertiary/aromatic N) is 1. The molecule has 0 unspecified atom stereocenters. The summed E-state index contributed by atoms with van der Waals surface area (Å²) >= 11 is 9.71. The minimum atomic E-state index is 0.786. The molecule has 1 heterocycles. The lowest BCUT2D eigenvalue weighted by Crippen LogP contribution is -2.00. The molecule has 0 amide bonds. The normalized spacial score (nSPS) is 10.7. The molecule has 1 aromatic heterocycles. The van der Waals surface area contributed by atoms with E-state index in [0.29, 0.717) is 0 Å². The predicted molar refractivity (Wildman–Crippen MR) is 85.9 cm³/mol. The maximum Gasteiger partial charge on any atom is 0.0502 e. The fourth-order valence-electron chi connectivity index (χ4n) is 1.97. The molecule has 102 valence electrons. The Morgan fingerprint density at radius 3 is 2.89 bits per heavy atom. The van der Waals surface area contributed by atoms with E-state index < -0.39 is 0 Å². The summed E-state index contributed by atoms with van der Waals surface area (Å²) in [5.41, 5.74) is 3.38. The molecule has 2 aromatic rings. The van der Waals surface area contributed by atoms with E-state index in [-0.39, 0.29) is 0 Å². The Hall–Kier alpha value is -0.930. The zero-order valence-corrected chi connectivity index (χ0v) is 13.6. The lowest BCUT2D eigenvalue weighted by molar-refractivity contribution is 0.681. The summed E-state index contributed by atoms with van der Waals surface area (Å²) in [6, 6.07) is 6.14. The molecule has 0 saturated heterocycles. The molecule has 0 saturated carbocycles. The van der Waals surface area contributed by atoms with Gasteiger partial charge in [-0.3, -0.25) is 0 Å². The summed E-state index contributed by atoms with van der Waals surface area (Å²) in [6.07, 6.45) is 5.46. The molecule has 2 nitrogen and oxygen atoms in total. The third-order valence-electron chi connectivity index (χ3n) is 3.02. The standard InChI is InChI=1S/C15H18BrClN2/c1-3-5-19-6-4-12(10-19)9-18-15-8-14(17)11(2)7-13(15)16/h4,6-8,10,18H,3,5,9H2,1-2H3. The lowest BCUT2D eigenvalue weighted by Gasteiger charge is -2.10. The van der Waals surface area contributed by atoms with Gasteiger partial charge in [0.15, 0.2) is 0 Å². The van der Waals surface area contributed by atoms with Gasteiger partial charge in [-0.05, 0) is 58.6 Å². The van der Waals surface area contributed by atoms with Crippen molar-refractivity contribution in [2.45, 2.75) is 33.4 Å². The van der Waals surface area contributed by atoms with E-state index in [2.05, 4.69) is 51.2 Å². The number of halogens is 2. The summed E-state index contributed by atoms with van der Waals surface area (Å²) in [6.45, 7) is 6.06. The van der Waals surface area contributed by atoms with Crippen LogP contribution < -0.4 is 5.32 Å². The van der Waals surface area contributed by atoms with Crippen LogP contribution in [0.2, 0.25) is 5.02 Å². The minimum Gasteiger partial charge on any atom is -0.380 e. The minimum absolute atomic E-state index is 0.786. The highest BCUT2D eigenvalue weighted by atomic mass is 79.9. The molecule has 1 N–H and O–H groups in total. The number of aromatic nitrogens is 1. The number of aryl methyl sites for hydroxylation is 2. The van der Waals surface area contributed by atoms with Crippen LogP contribution in [0, 0.1) is 6.92 Å². The topological polar surface area (TPSA) is 17.0 Å². The molecule has 0 aliphatic carbocycles. The number of hydrogen-bond donors (Lipinski definition) is 1. The predicted octanol–water partition coefficient (Wildman–Crippen LogP) is 5.23. The average molecular weight is 342 g/mol. The van der Waals surface area contributed by atoms with Gasteiger partial charge >= 0.3 is 0 Å². The molecule has 0 fully saturated rings. The first-order valence-corrected chi connectivity index (χ1v) is 7.61. The summed E-state index contributed by atoms with van der Waals surface area (Å²) < 4.78 is 3.26. The van der Waals surface area contributed by atoms with Gasteiger partial charge in [0, 0.05) is 35.0 Å². The van der Waals surface area contributed by atoms with Gasteiger partial charge in [-0.1, -0.05) is 18.5 Å². The third-order valence-corrected chi connectivity index (χ3v) is 4.09. The molecule has 0 aliphatic rings. The van der Waals surface area contributed by atoms with Crippen LogP contribution in [0.1, 0.15) is 24.5 Å². The van der Waals surface area contributed by atoms with E-state index in [1.54, 1.807) is 0 Å². The van der Waals surface area contributed by atoms with Crippen LogP contribution in [-0.2, 0) is 13.1 Å². The van der Waals surface area contributed by atoms with Crippen LogP contribution in [0.3, 0.4) is 0 Å². The second-order valence-corrected chi connectivity index (χ2v) is 5.95. The lowest BCUT2D eigenvalue weighted by atomic mass is 10.2. The Morgan fingerprint density at radius 1 is 1.37 bits per heavy atom. The fourth-order valence-corrected chi connectivity index (χ4v) is 2.73. The SMILES string of the molecule is CCCn1ccc(CNc2cc(Cl)c(C)cc2Br)c1. The first kappa shape index (κ1) is 14.5. The Kier molecular flexibility index (Phi) is 4.94. The molecule has 0 radical (unpaired) electrons. The third kappa shape index (κ3) is 3.77. The molecular formula is C15H18BrClN2. The molecular weight excluding hydrogens is 324 g/mol. The average Bonchev–Trinajstić information content (AvgIpc) is 2.80. The molecule has 0 aliphatic heterocycles. The van der Waals surface area contributed by atoms with Crippen LogP contribution in [0.4, 0.5) is 5.69 Å². The maximum absolute atomic E-state index is 6.15. The van der Waals surface area contributed by atoms with Crippen molar-refractivity contribution < 1.29 is 0 Å². The van der Waals surface area contributed by atoms with Crippen molar-refractivity contribution in [1.29, 1.82) is 0 Å². The van der Waals surface area contributed by atoms with E-state index in [9.17, 15) is 0 Å². The van der Waals surface area contributed by atoms with Crippen LogP contribution in [0.25, 0.3) is 0 Å². The highest BCUT2D eigenvalue weighted by molar-refractivity contribution is 9.10. The van der Waals surface area contributed by atoms with E-state index in [0.717, 1.165) is 40.3 Å². The maximum atomic E-state index is 6.15. The van der Waals surface area contributed by atoms with Gasteiger partial charge in [-0.15, -0.1) is 0 Å². The van der Waals surface area contributed by atoms with Crippen molar-refractivity contribution in [3.63, 3.8) is 0 Å². The number of rotatable bonds is 5. The van der Waals surface area contributed by atoms with E-state index in [1.807, 2.05) is 19.1 Å². The quantitative estimate of drug-likeness (QED) is 0.787. The Labute approximate surface area is 127 Å². The highest BCUT2D eigenvalue weighted by Gasteiger charge is 2.04. The molecule has 0 spiro atoms. The van der Waals surface area contributed by atoms with Crippen molar-refractivity contribution in [3.8, 4) is 0 Å². The molecule has 1 aromatic carbocycles. The number of benzene rings is 1. The van der Waals surface area contributed by atoms with Crippen molar-refractivity contribution in [3.05, 3.63) is 51.2 Å². The van der Waals surface area contributed by atoms with Crippen molar-refractivity contribution in [2.24, 2.45) is 0 Å². The van der Waals surface area contributed by atoms with Gasteiger partial charge in [0.25, 0.3) is 0 Å². The number of hydrogen-bond acceptors (Lipinski definition) is 1. The smallest absolute Gasteiger partial charge is 0.0502 e. The second-order valence-electron chi connectivity index (χ2n) is 4.69. The van der Waals surface area contributed by atoms with Crippen molar-refractivity contribution >= 4 is 33.2 Å². The van der Waals surface area contributed by atoms with Gasteiger partial charge in [-0.2, -0.15) is 0 Å². The summed E-state index contributed by atoms with van der Waals surface area (Å²) in [7, 11) is 0. The molecule has 19 heavy (non-hydrogen) atoms. The zero-order chi connectivity index (χ0) is 13.8. The fraction of sp³-hybridized carbons (Fsp3) is 0.333. The van der Waals surface area contributed by atoms with E-state index in [4.69, 9.17) is 11.6 Å². The first-order valence-electron chi connectivity index (χ1n) is 6.44. The number of anilines is 1.